The molecule has 182 valence electrons. The lowest BCUT2D eigenvalue weighted by molar-refractivity contribution is -0.132. The molecular formula is C27H35N3O4. The molecule has 1 unspecified atom stereocenters. The van der Waals surface area contributed by atoms with Gasteiger partial charge in [0.15, 0.2) is 0 Å². The van der Waals surface area contributed by atoms with E-state index in [4.69, 9.17) is 4.74 Å². The first-order chi connectivity index (χ1) is 16.1. The van der Waals surface area contributed by atoms with Crippen LogP contribution in [0.4, 0.5) is 10.5 Å². The number of benzene rings is 2. The second kappa shape index (κ2) is 10.7. The molecule has 0 spiro atoms. The summed E-state index contributed by atoms with van der Waals surface area (Å²) in [4.78, 5) is 41.4. The predicted octanol–water partition coefficient (Wildman–Crippen LogP) is 4.92. The molecule has 1 N–H and O–H groups in total. The second-order valence-corrected chi connectivity index (χ2v) is 9.58. The molecule has 1 atom stereocenters. The first kappa shape index (κ1) is 25.3. The maximum absolute atomic E-state index is 13.1. The number of hydrogen-bond acceptors (Lipinski definition) is 4. The van der Waals surface area contributed by atoms with Crippen molar-refractivity contribution in [3.05, 3.63) is 65.2 Å². The zero-order valence-electron chi connectivity index (χ0n) is 20.8. The van der Waals surface area contributed by atoms with E-state index >= 15 is 0 Å². The van der Waals surface area contributed by atoms with Crippen LogP contribution in [0.2, 0.25) is 0 Å². The quantitative estimate of drug-likeness (QED) is 0.657. The number of carbonyl (C=O) groups is 3. The molecule has 34 heavy (non-hydrogen) atoms. The number of fused-ring (bicyclic) bond motifs is 1. The van der Waals surface area contributed by atoms with Crippen LogP contribution in [0.5, 0.6) is 0 Å². The fraction of sp³-hybridized carbons (Fsp3) is 0.444. The van der Waals surface area contributed by atoms with Gasteiger partial charge < -0.3 is 19.9 Å². The largest absolute Gasteiger partial charge is 0.444 e. The number of ether oxygens (including phenoxy) is 1. The fourth-order valence-corrected chi connectivity index (χ4v) is 4.24. The van der Waals surface area contributed by atoms with Crippen LogP contribution >= 0.6 is 0 Å². The maximum atomic E-state index is 13.1. The van der Waals surface area contributed by atoms with E-state index in [0.29, 0.717) is 25.3 Å². The van der Waals surface area contributed by atoms with Crippen LogP contribution in [0.25, 0.3) is 0 Å². The first-order valence-electron chi connectivity index (χ1n) is 11.8. The SMILES string of the molecule is CCN(Cc1ccccc1NC(=O)CC1c2ccccc2CCN1C(C)=O)C(=O)OC(C)(C)C. The van der Waals surface area contributed by atoms with Crippen LogP contribution in [-0.4, -0.2) is 46.4 Å². The Hall–Kier alpha value is -3.35. The summed E-state index contributed by atoms with van der Waals surface area (Å²) in [5.41, 5.74) is 3.07. The van der Waals surface area contributed by atoms with Gasteiger partial charge in [0.1, 0.15) is 5.60 Å². The predicted molar refractivity (Wildman–Crippen MR) is 132 cm³/mol. The number of para-hydroxylation sites is 1. The Morgan fingerprint density at radius 2 is 1.76 bits per heavy atom. The van der Waals surface area contributed by atoms with E-state index in [1.807, 2.05) is 70.2 Å². The molecule has 7 heteroatoms. The summed E-state index contributed by atoms with van der Waals surface area (Å²) in [7, 11) is 0. The zero-order valence-corrected chi connectivity index (χ0v) is 20.8. The lowest BCUT2D eigenvalue weighted by Crippen LogP contribution is -2.40. The molecule has 1 aliphatic heterocycles. The number of amides is 3. The summed E-state index contributed by atoms with van der Waals surface area (Å²) >= 11 is 0. The van der Waals surface area contributed by atoms with Crippen molar-refractivity contribution >= 4 is 23.6 Å². The Labute approximate surface area is 202 Å². The highest BCUT2D eigenvalue weighted by Crippen LogP contribution is 2.33. The van der Waals surface area contributed by atoms with Crippen LogP contribution in [-0.2, 0) is 27.3 Å². The molecule has 1 aliphatic rings. The van der Waals surface area contributed by atoms with Crippen molar-refractivity contribution in [3.63, 3.8) is 0 Å². The minimum Gasteiger partial charge on any atom is -0.444 e. The molecule has 0 radical (unpaired) electrons. The molecule has 3 rings (SSSR count). The van der Waals surface area contributed by atoms with Gasteiger partial charge in [-0.05, 0) is 56.9 Å². The Kier molecular flexibility index (Phi) is 7.97. The summed E-state index contributed by atoms with van der Waals surface area (Å²) in [5.74, 6) is -0.218. The maximum Gasteiger partial charge on any atom is 0.410 e. The molecule has 0 aliphatic carbocycles. The van der Waals surface area contributed by atoms with Gasteiger partial charge in [0.25, 0.3) is 0 Å². The summed E-state index contributed by atoms with van der Waals surface area (Å²) in [6, 6.07) is 15.1. The summed E-state index contributed by atoms with van der Waals surface area (Å²) in [5, 5.41) is 3.01. The second-order valence-electron chi connectivity index (χ2n) is 9.58. The third-order valence-electron chi connectivity index (χ3n) is 5.88. The molecule has 0 saturated carbocycles. The van der Waals surface area contributed by atoms with Gasteiger partial charge in [-0.15, -0.1) is 0 Å². The number of nitrogens with zero attached hydrogens (tertiary/aromatic N) is 2. The van der Waals surface area contributed by atoms with Crippen molar-refractivity contribution in [3.8, 4) is 0 Å². The average molecular weight is 466 g/mol. The Balaban J connectivity index is 1.76. The summed E-state index contributed by atoms with van der Waals surface area (Å²) in [6.07, 6.45) is 0.551. The van der Waals surface area contributed by atoms with E-state index in [9.17, 15) is 14.4 Å². The topological polar surface area (TPSA) is 79.0 Å². The van der Waals surface area contributed by atoms with Gasteiger partial charge in [-0.2, -0.15) is 0 Å². The third kappa shape index (κ3) is 6.37. The molecule has 0 bridgehead atoms. The van der Waals surface area contributed by atoms with Gasteiger partial charge in [-0.1, -0.05) is 42.5 Å². The smallest absolute Gasteiger partial charge is 0.410 e. The van der Waals surface area contributed by atoms with Crippen molar-refractivity contribution < 1.29 is 19.1 Å². The monoisotopic (exact) mass is 465 g/mol. The van der Waals surface area contributed by atoms with E-state index in [2.05, 4.69) is 11.4 Å². The van der Waals surface area contributed by atoms with Gasteiger partial charge in [-0.3, -0.25) is 9.59 Å². The van der Waals surface area contributed by atoms with E-state index in [1.54, 1.807) is 16.7 Å². The van der Waals surface area contributed by atoms with Gasteiger partial charge in [0, 0.05) is 25.7 Å². The highest BCUT2D eigenvalue weighted by Gasteiger charge is 2.31. The normalized spacial score (nSPS) is 15.3. The number of carbonyl (C=O) groups excluding carboxylic acids is 3. The minimum absolute atomic E-state index is 0.0383. The molecule has 0 aromatic heterocycles. The van der Waals surface area contributed by atoms with Crippen molar-refractivity contribution in [1.82, 2.24) is 9.80 Å². The van der Waals surface area contributed by atoms with Gasteiger partial charge in [0.2, 0.25) is 11.8 Å². The molecule has 1 heterocycles. The van der Waals surface area contributed by atoms with E-state index in [1.165, 1.54) is 5.56 Å². The van der Waals surface area contributed by atoms with Crippen LogP contribution in [0, 0.1) is 0 Å². The number of anilines is 1. The Bertz CT molecular complexity index is 1040. The minimum atomic E-state index is -0.586. The summed E-state index contributed by atoms with van der Waals surface area (Å²) in [6.45, 7) is 10.3. The first-order valence-corrected chi connectivity index (χ1v) is 11.8. The lowest BCUT2D eigenvalue weighted by Gasteiger charge is -2.36. The van der Waals surface area contributed by atoms with Crippen LogP contribution in [0.1, 0.15) is 63.8 Å². The average Bonchev–Trinajstić information content (AvgIpc) is 2.77. The van der Waals surface area contributed by atoms with E-state index in [-0.39, 0.29) is 24.3 Å². The van der Waals surface area contributed by atoms with Crippen molar-refractivity contribution in [2.24, 2.45) is 0 Å². The molecule has 0 fully saturated rings. The Morgan fingerprint density at radius 1 is 1.09 bits per heavy atom. The molecule has 2 aromatic carbocycles. The van der Waals surface area contributed by atoms with Crippen LogP contribution in [0.3, 0.4) is 0 Å². The van der Waals surface area contributed by atoms with Crippen molar-refractivity contribution in [1.29, 1.82) is 0 Å². The fourth-order valence-electron chi connectivity index (χ4n) is 4.24. The number of nitrogens with one attached hydrogen (secondary N) is 1. The van der Waals surface area contributed by atoms with Crippen LogP contribution < -0.4 is 5.32 Å². The van der Waals surface area contributed by atoms with Crippen molar-refractivity contribution in [2.75, 3.05) is 18.4 Å². The van der Waals surface area contributed by atoms with Crippen molar-refractivity contribution in [2.45, 2.75) is 65.6 Å². The van der Waals surface area contributed by atoms with Gasteiger partial charge in [0.05, 0.1) is 19.0 Å². The third-order valence-corrected chi connectivity index (χ3v) is 5.88. The molecular weight excluding hydrogens is 430 g/mol. The summed E-state index contributed by atoms with van der Waals surface area (Å²) < 4.78 is 5.51. The van der Waals surface area contributed by atoms with E-state index < -0.39 is 11.7 Å². The Morgan fingerprint density at radius 3 is 2.44 bits per heavy atom. The molecule has 0 saturated heterocycles. The molecule has 2 aromatic rings. The highest BCUT2D eigenvalue weighted by molar-refractivity contribution is 5.92. The lowest BCUT2D eigenvalue weighted by atomic mass is 9.90. The van der Waals surface area contributed by atoms with Gasteiger partial charge >= 0.3 is 6.09 Å². The number of hydrogen-bond donors (Lipinski definition) is 1. The zero-order chi connectivity index (χ0) is 24.9. The van der Waals surface area contributed by atoms with Gasteiger partial charge in [-0.25, -0.2) is 4.79 Å². The molecule has 3 amide bonds. The number of rotatable bonds is 6. The van der Waals surface area contributed by atoms with Crippen LogP contribution in [0.15, 0.2) is 48.5 Å². The standard InChI is InChI=1S/C27H35N3O4/c1-6-29(26(33)34-27(3,4)5)18-21-12-8-10-14-23(21)28-25(32)17-24-22-13-9-7-11-20(22)15-16-30(24)19(2)31/h7-14,24H,6,15-18H2,1-5H3,(H,28,32). The highest BCUT2D eigenvalue weighted by atomic mass is 16.6. The van der Waals surface area contributed by atoms with E-state index in [0.717, 1.165) is 17.5 Å². The molecule has 7 nitrogen and oxygen atoms in total.